The molecule has 0 radical (unpaired) electrons. The fourth-order valence-corrected chi connectivity index (χ4v) is 3.46. The van der Waals surface area contributed by atoms with Gasteiger partial charge in [-0.3, -0.25) is 14.4 Å². The highest BCUT2D eigenvalue weighted by Gasteiger charge is 2.55. The minimum absolute atomic E-state index is 0.0353. The molecule has 106 valence electrons. The third kappa shape index (κ3) is 2.24. The Hall–Kier alpha value is -1.10. The van der Waals surface area contributed by atoms with Crippen LogP contribution in [0.1, 0.15) is 51.4 Å². The lowest BCUT2D eigenvalue weighted by Crippen LogP contribution is -2.52. The Morgan fingerprint density at radius 3 is 2.05 bits per heavy atom. The maximum atomic E-state index is 12.3. The van der Waals surface area contributed by atoms with Gasteiger partial charge >= 0.3 is 5.97 Å². The van der Waals surface area contributed by atoms with Gasteiger partial charge in [-0.2, -0.15) is 0 Å². The lowest BCUT2D eigenvalue weighted by atomic mass is 9.53. The first-order valence-electron chi connectivity index (χ1n) is 7.22. The summed E-state index contributed by atoms with van der Waals surface area (Å²) >= 11 is 0. The molecule has 4 aliphatic carbocycles. The van der Waals surface area contributed by atoms with Crippen molar-refractivity contribution in [2.45, 2.75) is 51.4 Å². The van der Waals surface area contributed by atoms with Gasteiger partial charge in [0.2, 0.25) is 5.91 Å². The predicted octanol–water partition coefficient (Wildman–Crippen LogP) is 1.87. The van der Waals surface area contributed by atoms with Crippen LogP contribution in [-0.2, 0) is 14.4 Å². The zero-order valence-electron chi connectivity index (χ0n) is 11.1. The van der Waals surface area contributed by atoms with Crippen LogP contribution in [-0.4, -0.2) is 23.6 Å². The summed E-state index contributed by atoms with van der Waals surface area (Å²) in [5.74, 6) is -0.104. The summed E-state index contributed by atoms with van der Waals surface area (Å²) in [6, 6.07) is 0. The highest BCUT2D eigenvalue weighted by Crippen LogP contribution is 2.57. The van der Waals surface area contributed by atoms with E-state index >= 15 is 0 Å². The van der Waals surface area contributed by atoms with Crippen molar-refractivity contribution in [2.75, 3.05) is 6.61 Å². The Balaban J connectivity index is 1.56. The van der Waals surface area contributed by atoms with E-state index in [1.807, 2.05) is 0 Å². The second kappa shape index (κ2) is 4.47. The third-order valence-corrected chi connectivity index (χ3v) is 5.36. The van der Waals surface area contributed by atoms with Gasteiger partial charge in [0.15, 0.2) is 0 Å². The van der Waals surface area contributed by atoms with Crippen molar-refractivity contribution >= 4 is 11.9 Å². The molecule has 4 aliphatic rings. The zero-order chi connectivity index (χ0) is 13.5. The second-order valence-corrected chi connectivity index (χ2v) is 6.55. The van der Waals surface area contributed by atoms with Crippen molar-refractivity contribution < 1.29 is 19.5 Å². The van der Waals surface area contributed by atoms with Crippen molar-refractivity contribution in [1.29, 1.82) is 0 Å². The van der Waals surface area contributed by atoms with Gasteiger partial charge in [0, 0.05) is 0 Å². The van der Waals surface area contributed by atoms with Crippen molar-refractivity contribution in [3.8, 4) is 0 Å². The first-order chi connectivity index (χ1) is 9.06. The molecule has 19 heavy (non-hydrogen) atoms. The van der Waals surface area contributed by atoms with Crippen LogP contribution in [0, 0.1) is 16.7 Å². The van der Waals surface area contributed by atoms with Crippen molar-refractivity contribution in [1.82, 2.24) is 5.48 Å². The van der Waals surface area contributed by atoms with Crippen molar-refractivity contribution in [3.05, 3.63) is 0 Å². The summed E-state index contributed by atoms with van der Waals surface area (Å²) in [6.45, 7) is 0.612. The number of aliphatic carboxylic acids is 1. The van der Waals surface area contributed by atoms with Crippen LogP contribution in [0.2, 0.25) is 0 Å². The largest absolute Gasteiger partial charge is 0.481 e. The van der Waals surface area contributed by atoms with Crippen LogP contribution in [0.3, 0.4) is 0 Å². The van der Waals surface area contributed by atoms with E-state index in [-0.39, 0.29) is 11.3 Å². The molecular formula is C14H21NO4. The van der Waals surface area contributed by atoms with Crippen LogP contribution in [0.15, 0.2) is 0 Å². The SMILES string of the molecule is O=C(O)C12CCC(C(=O)NOCC3CC3)(CC1)CC2. The fourth-order valence-electron chi connectivity index (χ4n) is 3.46. The number of carbonyl (C=O) groups is 2. The molecule has 4 rings (SSSR count). The molecule has 0 aliphatic heterocycles. The van der Waals surface area contributed by atoms with E-state index in [4.69, 9.17) is 4.84 Å². The molecule has 4 fully saturated rings. The number of fused-ring (bicyclic) bond motifs is 3. The standard InChI is InChI=1S/C14H21NO4/c16-11(15-19-9-10-1-2-10)13-3-6-14(7-4-13,8-5-13)12(17)18/h10H,1-9H2,(H,15,16)(H,17,18). The molecule has 0 unspecified atom stereocenters. The van der Waals surface area contributed by atoms with E-state index in [2.05, 4.69) is 5.48 Å². The summed E-state index contributed by atoms with van der Waals surface area (Å²) in [4.78, 5) is 28.9. The van der Waals surface area contributed by atoms with Crippen molar-refractivity contribution in [2.24, 2.45) is 16.7 Å². The van der Waals surface area contributed by atoms with E-state index in [9.17, 15) is 14.7 Å². The molecule has 2 N–H and O–H groups in total. The van der Waals surface area contributed by atoms with E-state index < -0.39 is 11.4 Å². The number of amides is 1. The normalized spacial score (nSPS) is 37.1. The molecule has 0 aromatic heterocycles. The van der Waals surface area contributed by atoms with Gasteiger partial charge in [0.1, 0.15) is 0 Å². The van der Waals surface area contributed by atoms with Gasteiger partial charge in [-0.15, -0.1) is 0 Å². The number of carbonyl (C=O) groups excluding carboxylic acids is 1. The molecule has 5 nitrogen and oxygen atoms in total. The first-order valence-corrected chi connectivity index (χ1v) is 7.22. The fraction of sp³-hybridized carbons (Fsp3) is 0.857. The summed E-state index contributed by atoms with van der Waals surface area (Å²) in [5, 5.41) is 9.32. The predicted molar refractivity (Wildman–Crippen MR) is 67.0 cm³/mol. The Kier molecular flexibility index (Phi) is 3.04. The van der Waals surface area contributed by atoms with Crippen LogP contribution in [0.4, 0.5) is 0 Å². The van der Waals surface area contributed by atoms with Gasteiger partial charge in [0.25, 0.3) is 0 Å². The average Bonchev–Trinajstić information content (AvgIpc) is 3.24. The number of carboxylic acid groups (broad SMARTS) is 1. The van der Waals surface area contributed by atoms with Crippen LogP contribution >= 0.6 is 0 Å². The summed E-state index contributed by atoms with van der Waals surface area (Å²) < 4.78 is 0. The first kappa shape index (κ1) is 12.9. The van der Waals surface area contributed by atoms with Crippen LogP contribution in [0.25, 0.3) is 0 Å². The lowest BCUT2D eigenvalue weighted by molar-refractivity contribution is -0.167. The molecule has 0 aromatic rings. The summed E-state index contributed by atoms with van der Waals surface area (Å²) in [7, 11) is 0. The zero-order valence-corrected chi connectivity index (χ0v) is 11.1. The maximum Gasteiger partial charge on any atom is 0.309 e. The number of hydrogen-bond donors (Lipinski definition) is 2. The number of carboxylic acids is 1. The third-order valence-electron chi connectivity index (χ3n) is 5.36. The summed E-state index contributed by atoms with van der Waals surface area (Å²) in [6.07, 6.45) is 6.30. The molecule has 0 atom stereocenters. The average molecular weight is 267 g/mol. The Labute approximate surface area is 112 Å². The molecule has 0 saturated heterocycles. The van der Waals surface area contributed by atoms with Gasteiger partial charge in [-0.25, -0.2) is 5.48 Å². The van der Waals surface area contributed by atoms with Gasteiger partial charge < -0.3 is 5.11 Å². The topological polar surface area (TPSA) is 75.6 Å². The van der Waals surface area contributed by atoms with Crippen LogP contribution < -0.4 is 5.48 Å². The Morgan fingerprint density at radius 2 is 1.58 bits per heavy atom. The molecule has 1 amide bonds. The maximum absolute atomic E-state index is 12.3. The summed E-state index contributed by atoms with van der Waals surface area (Å²) in [5.41, 5.74) is 1.66. The van der Waals surface area contributed by atoms with Crippen molar-refractivity contribution in [3.63, 3.8) is 0 Å². The Bertz CT molecular complexity index is 378. The Morgan fingerprint density at radius 1 is 1.05 bits per heavy atom. The van der Waals surface area contributed by atoms with E-state index in [0.717, 1.165) is 0 Å². The molecule has 0 spiro atoms. The van der Waals surface area contributed by atoms with E-state index in [1.165, 1.54) is 12.8 Å². The van der Waals surface area contributed by atoms with Crippen LogP contribution in [0.5, 0.6) is 0 Å². The quantitative estimate of drug-likeness (QED) is 0.746. The van der Waals surface area contributed by atoms with Gasteiger partial charge in [-0.05, 0) is 57.3 Å². The number of hydrogen-bond acceptors (Lipinski definition) is 3. The van der Waals surface area contributed by atoms with Gasteiger partial charge in [0.05, 0.1) is 17.4 Å². The van der Waals surface area contributed by atoms with E-state index in [0.29, 0.717) is 51.0 Å². The monoisotopic (exact) mass is 267 g/mol. The second-order valence-electron chi connectivity index (χ2n) is 6.55. The molecule has 0 aromatic carbocycles. The highest BCUT2D eigenvalue weighted by atomic mass is 16.7. The number of rotatable bonds is 5. The number of hydroxylamine groups is 1. The molecular weight excluding hydrogens is 246 g/mol. The van der Waals surface area contributed by atoms with E-state index in [1.54, 1.807) is 0 Å². The lowest BCUT2D eigenvalue weighted by Gasteiger charge is -2.49. The smallest absolute Gasteiger partial charge is 0.309 e. The molecule has 4 saturated carbocycles. The highest BCUT2D eigenvalue weighted by molar-refractivity contribution is 5.84. The van der Waals surface area contributed by atoms with Gasteiger partial charge in [-0.1, -0.05) is 0 Å². The molecule has 2 bridgehead atoms. The minimum Gasteiger partial charge on any atom is -0.481 e. The molecule has 5 heteroatoms. The molecule has 0 heterocycles. The minimum atomic E-state index is -0.689. The number of nitrogens with one attached hydrogen (secondary N) is 1.